The standard InChI is InChI=1S/C17H26N2O2/c1-4-20-16-9-15(17(16,2)3)19-11-12-10-18-13-7-5-6-8-14(13)21-12/h5-8,12,15-16,18-19H,4,9-11H2,1-3H3. The van der Waals surface area contributed by atoms with Crippen molar-refractivity contribution < 1.29 is 9.47 Å². The van der Waals surface area contributed by atoms with Gasteiger partial charge in [0, 0.05) is 24.6 Å². The molecular weight excluding hydrogens is 264 g/mol. The van der Waals surface area contributed by atoms with Gasteiger partial charge in [-0.15, -0.1) is 0 Å². The fraction of sp³-hybridized carbons (Fsp3) is 0.647. The number of hydrogen-bond acceptors (Lipinski definition) is 4. The summed E-state index contributed by atoms with van der Waals surface area (Å²) in [7, 11) is 0. The van der Waals surface area contributed by atoms with Gasteiger partial charge in [-0.05, 0) is 25.5 Å². The third-order valence-corrected chi connectivity index (χ3v) is 4.84. The summed E-state index contributed by atoms with van der Waals surface area (Å²) in [4.78, 5) is 0. The summed E-state index contributed by atoms with van der Waals surface area (Å²) in [5.74, 6) is 0.954. The lowest BCUT2D eigenvalue weighted by Crippen LogP contribution is -2.62. The molecule has 4 nitrogen and oxygen atoms in total. The molecule has 21 heavy (non-hydrogen) atoms. The van der Waals surface area contributed by atoms with Crippen LogP contribution in [0.5, 0.6) is 5.75 Å². The zero-order valence-corrected chi connectivity index (χ0v) is 13.2. The Morgan fingerprint density at radius 2 is 2.19 bits per heavy atom. The molecule has 116 valence electrons. The van der Waals surface area contributed by atoms with Crippen molar-refractivity contribution >= 4 is 5.69 Å². The van der Waals surface area contributed by atoms with Crippen LogP contribution < -0.4 is 15.4 Å². The SMILES string of the molecule is CCOC1CC(NCC2CNc3ccccc3O2)C1(C)C. The van der Waals surface area contributed by atoms with E-state index in [1.165, 1.54) is 0 Å². The Labute approximate surface area is 127 Å². The molecule has 0 aromatic heterocycles. The molecule has 1 aromatic rings. The van der Waals surface area contributed by atoms with Crippen LogP contribution in [-0.4, -0.2) is 37.9 Å². The van der Waals surface area contributed by atoms with Crippen LogP contribution in [0.2, 0.25) is 0 Å². The average molecular weight is 290 g/mol. The van der Waals surface area contributed by atoms with Crippen LogP contribution in [0.15, 0.2) is 24.3 Å². The van der Waals surface area contributed by atoms with E-state index in [1.807, 2.05) is 18.2 Å². The van der Waals surface area contributed by atoms with Gasteiger partial charge < -0.3 is 20.1 Å². The zero-order chi connectivity index (χ0) is 14.9. The van der Waals surface area contributed by atoms with Gasteiger partial charge in [0.25, 0.3) is 0 Å². The van der Waals surface area contributed by atoms with E-state index < -0.39 is 0 Å². The van der Waals surface area contributed by atoms with Crippen molar-refractivity contribution in [1.29, 1.82) is 0 Å². The first-order chi connectivity index (χ1) is 10.1. The highest BCUT2D eigenvalue weighted by atomic mass is 16.5. The van der Waals surface area contributed by atoms with E-state index >= 15 is 0 Å². The van der Waals surface area contributed by atoms with E-state index in [0.717, 1.165) is 37.6 Å². The summed E-state index contributed by atoms with van der Waals surface area (Å²) >= 11 is 0. The number of anilines is 1. The van der Waals surface area contributed by atoms with Crippen LogP contribution in [0, 0.1) is 5.41 Å². The number of para-hydroxylation sites is 2. The summed E-state index contributed by atoms with van der Waals surface area (Å²) < 4.78 is 11.8. The Balaban J connectivity index is 1.49. The normalized spacial score (nSPS) is 29.8. The topological polar surface area (TPSA) is 42.5 Å². The van der Waals surface area contributed by atoms with Crippen LogP contribution in [0.4, 0.5) is 5.69 Å². The minimum Gasteiger partial charge on any atom is -0.485 e. The van der Waals surface area contributed by atoms with E-state index in [0.29, 0.717) is 12.1 Å². The fourth-order valence-corrected chi connectivity index (χ4v) is 3.26. The van der Waals surface area contributed by atoms with Gasteiger partial charge in [0.05, 0.1) is 18.3 Å². The van der Waals surface area contributed by atoms with E-state index in [4.69, 9.17) is 9.47 Å². The first-order valence-corrected chi connectivity index (χ1v) is 7.95. The van der Waals surface area contributed by atoms with Gasteiger partial charge >= 0.3 is 0 Å². The molecular formula is C17H26N2O2. The molecule has 4 heteroatoms. The summed E-state index contributed by atoms with van der Waals surface area (Å²) in [6.45, 7) is 9.15. The summed E-state index contributed by atoms with van der Waals surface area (Å²) in [5.41, 5.74) is 1.30. The molecule has 1 aromatic carbocycles. The smallest absolute Gasteiger partial charge is 0.142 e. The van der Waals surface area contributed by atoms with Crippen LogP contribution >= 0.6 is 0 Å². The highest BCUT2D eigenvalue weighted by Crippen LogP contribution is 2.42. The lowest BCUT2D eigenvalue weighted by molar-refractivity contribution is -0.115. The van der Waals surface area contributed by atoms with Crippen LogP contribution in [-0.2, 0) is 4.74 Å². The molecule has 0 bridgehead atoms. The van der Waals surface area contributed by atoms with Crippen LogP contribution in [0.25, 0.3) is 0 Å². The number of hydrogen-bond donors (Lipinski definition) is 2. The minimum atomic E-state index is 0.182. The number of nitrogens with one attached hydrogen (secondary N) is 2. The molecule has 2 aliphatic rings. The zero-order valence-electron chi connectivity index (χ0n) is 13.2. The second kappa shape index (κ2) is 5.85. The molecule has 1 saturated carbocycles. The number of fused-ring (bicyclic) bond motifs is 1. The fourth-order valence-electron chi connectivity index (χ4n) is 3.26. The van der Waals surface area contributed by atoms with Crippen molar-refractivity contribution in [3.05, 3.63) is 24.3 Å². The summed E-state index contributed by atoms with van der Waals surface area (Å²) in [6, 6.07) is 8.62. The first kappa shape index (κ1) is 14.7. The van der Waals surface area contributed by atoms with Crippen LogP contribution in [0.1, 0.15) is 27.2 Å². The van der Waals surface area contributed by atoms with Crippen molar-refractivity contribution in [1.82, 2.24) is 5.32 Å². The van der Waals surface area contributed by atoms with E-state index in [-0.39, 0.29) is 11.5 Å². The monoisotopic (exact) mass is 290 g/mol. The molecule has 1 aliphatic heterocycles. The molecule has 0 saturated heterocycles. The largest absolute Gasteiger partial charge is 0.485 e. The maximum Gasteiger partial charge on any atom is 0.142 e. The van der Waals surface area contributed by atoms with Gasteiger partial charge in [0.15, 0.2) is 0 Å². The Morgan fingerprint density at radius 1 is 1.38 bits per heavy atom. The third kappa shape index (κ3) is 2.87. The van der Waals surface area contributed by atoms with Crippen molar-refractivity contribution in [2.75, 3.05) is 25.0 Å². The first-order valence-electron chi connectivity index (χ1n) is 7.95. The highest BCUT2D eigenvalue weighted by Gasteiger charge is 2.48. The van der Waals surface area contributed by atoms with Crippen molar-refractivity contribution in [2.24, 2.45) is 5.41 Å². The van der Waals surface area contributed by atoms with Crippen molar-refractivity contribution in [2.45, 2.75) is 45.4 Å². The van der Waals surface area contributed by atoms with Gasteiger partial charge in [0.1, 0.15) is 11.9 Å². The third-order valence-electron chi connectivity index (χ3n) is 4.84. The Kier molecular flexibility index (Phi) is 4.09. The molecule has 1 aliphatic carbocycles. The quantitative estimate of drug-likeness (QED) is 0.875. The predicted octanol–water partition coefficient (Wildman–Crippen LogP) is 2.65. The number of rotatable bonds is 5. The van der Waals surface area contributed by atoms with E-state index in [1.54, 1.807) is 0 Å². The number of benzene rings is 1. The van der Waals surface area contributed by atoms with E-state index in [9.17, 15) is 0 Å². The van der Waals surface area contributed by atoms with E-state index in [2.05, 4.69) is 37.5 Å². The second-order valence-corrected chi connectivity index (χ2v) is 6.58. The molecule has 3 rings (SSSR count). The molecule has 0 amide bonds. The lowest BCUT2D eigenvalue weighted by atomic mass is 9.64. The van der Waals surface area contributed by atoms with Gasteiger partial charge in [0.2, 0.25) is 0 Å². The minimum absolute atomic E-state index is 0.182. The van der Waals surface area contributed by atoms with Gasteiger partial charge in [-0.25, -0.2) is 0 Å². The predicted molar refractivity (Wildman–Crippen MR) is 85.0 cm³/mol. The Bertz CT molecular complexity index is 489. The lowest BCUT2D eigenvalue weighted by Gasteiger charge is -2.52. The molecule has 3 atom stereocenters. The Hall–Kier alpha value is -1.26. The van der Waals surface area contributed by atoms with Crippen molar-refractivity contribution in [3.63, 3.8) is 0 Å². The number of ether oxygens (including phenoxy) is 2. The highest BCUT2D eigenvalue weighted by molar-refractivity contribution is 5.57. The molecule has 2 N–H and O–H groups in total. The molecule has 3 unspecified atom stereocenters. The average Bonchev–Trinajstić information content (AvgIpc) is 2.50. The van der Waals surface area contributed by atoms with Crippen molar-refractivity contribution in [3.8, 4) is 5.75 Å². The van der Waals surface area contributed by atoms with Crippen LogP contribution in [0.3, 0.4) is 0 Å². The maximum atomic E-state index is 6.04. The molecule has 0 radical (unpaired) electrons. The Morgan fingerprint density at radius 3 is 2.95 bits per heavy atom. The van der Waals surface area contributed by atoms with Gasteiger partial charge in [-0.1, -0.05) is 26.0 Å². The summed E-state index contributed by atoms with van der Waals surface area (Å²) in [6.07, 6.45) is 1.66. The van der Waals surface area contributed by atoms with Gasteiger partial charge in [-0.2, -0.15) is 0 Å². The summed E-state index contributed by atoms with van der Waals surface area (Å²) in [5, 5.41) is 7.09. The van der Waals surface area contributed by atoms with Gasteiger partial charge in [-0.3, -0.25) is 0 Å². The maximum absolute atomic E-state index is 6.04. The molecule has 1 fully saturated rings. The second-order valence-electron chi connectivity index (χ2n) is 6.58. The molecule has 1 heterocycles. The molecule has 0 spiro atoms.